The van der Waals surface area contributed by atoms with Crippen molar-refractivity contribution in [3.05, 3.63) is 235 Å². The Bertz CT molecular complexity index is 3220. The van der Waals surface area contributed by atoms with Crippen LogP contribution in [0, 0.1) is 0 Å². The average Bonchev–Trinajstić information content (AvgIpc) is 3.67. The van der Waals surface area contributed by atoms with Gasteiger partial charge in [-0.1, -0.05) is 182 Å². The van der Waals surface area contributed by atoms with Crippen LogP contribution in [-0.4, -0.2) is 0 Å². The van der Waals surface area contributed by atoms with E-state index in [9.17, 15) is 0 Å². The van der Waals surface area contributed by atoms with E-state index in [0.717, 1.165) is 17.8 Å². The van der Waals surface area contributed by atoms with Gasteiger partial charge in [-0.3, -0.25) is 0 Å². The van der Waals surface area contributed by atoms with Gasteiger partial charge in [0.25, 0.3) is 0 Å². The fourth-order valence-electron chi connectivity index (χ4n) is 9.17. The number of fused-ring (bicyclic) bond motifs is 7. The fourth-order valence-corrected chi connectivity index (χ4v) is 10.3. The Morgan fingerprint density at radius 2 is 0.966 bits per heavy atom. The Morgan fingerprint density at radius 3 is 1.72 bits per heavy atom. The Kier molecular flexibility index (Phi) is 8.56. The molecule has 1 atom stereocenters. The van der Waals surface area contributed by atoms with Crippen molar-refractivity contribution in [2.24, 2.45) is 0 Å². The predicted octanol–water partition coefficient (Wildman–Crippen LogP) is 16.0. The molecule has 1 aromatic heterocycles. The summed E-state index contributed by atoms with van der Waals surface area (Å²) in [5.74, 6) is 0.154. The first-order valence-corrected chi connectivity index (χ1v) is 20.9. The first-order valence-electron chi connectivity index (χ1n) is 20.1. The van der Waals surface area contributed by atoms with Gasteiger partial charge in [0.1, 0.15) is 0 Å². The summed E-state index contributed by atoms with van der Waals surface area (Å²) < 4.78 is 2.68. The zero-order valence-corrected chi connectivity index (χ0v) is 32.7. The molecule has 0 spiro atoms. The molecule has 11 rings (SSSR count). The summed E-state index contributed by atoms with van der Waals surface area (Å²) >= 11 is 1.90. The van der Waals surface area contributed by atoms with Crippen molar-refractivity contribution in [1.29, 1.82) is 0 Å². The van der Waals surface area contributed by atoms with Gasteiger partial charge < -0.3 is 4.90 Å². The molecule has 0 fully saturated rings. The minimum absolute atomic E-state index is 0.154. The maximum Gasteiger partial charge on any atom is 0.0624 e. The van der Waals surface area contributed by atoms with Gasteiger partial charge in [0.15, 0.2) is 0 Å². The third-order valence-corrected chi connectivity index (χ3v) is 13.0. The quantitative estimate of drug-likeness (QED) is 0.140. The van der Waals surface area contributed by atoms with Crippen molar-refractivity contribution >= 4 is 80.9 Å². The molecule has 2 heteroatoms. The summed E-state index contributed by atoms with van der Waals surface area (Å²) in [6.07, 6.45) is 0.906. The zero-order valence-electron chi connectivity index (χ0n) is 31.9. The topological polar surface area (TPSA) is 3.24 Å². The van der Waals surface area contributed by atoms with Gasteiger partial charge in [0, 0.05) is 48.4 Å². The molecule has 0 amide bonds. The van der Waals surface area contributed by atoms with E-state index in [4.69, 9.17) is 0 Å². The molecule has 0 aliphatic rings. The van der Waals surface area contributed by atoms with Gasteiger partial charge in [0.2, 0.25) is 0 Å². The molecule has 0 saturated carbocycles. The number of rotatable bonds is 8. The van der Waals surface area contributed by atoms with Gasteiger partial charge in [0.05, 0.1) is 5.69 Å². The van der Waals surface area contributed by atoms with Crippen molar-refractivity contribution in [3.8, 4) is 11.1 Å². The SMILES string of the molecule is c1ccc(CC(c2ccc3c(c2)sc2ccccc23)c2ccc(-c3ccc4ccc5ccccc5c4c3N(c3ccccc3)c3ccccc3)c3ccccc23)cc1. The van der Waals surface area contributed by atoms with E-state index in [1.807, 2.05) is 11.3 Å². The maximum absolute atomic E-state index is 2.46. The van der Waals surface area contributed by atoms with E-state index in [2.05, 4.69) is 223 Å². The standard InChI is InChI=1S/C56H39NS/c1-4-16-38(17-5-1)36-52(41-31-32-50-49-26-14-15-27-53(49)58-54(50)37-41)48-35-34-47(45-24-12-13-25-46(45)48)51-33-30-40-29-28-39-18-10-11-23-44(39)55(40)56(51)57(42-19-6-2-7-20-42)43-21-8-3-9-22-43/h1-35,37,52H,36H2. The van der Waals surface area contributed by atoms with Crippen LogP contribution >= 0.6 is 11.3 Å². The average molecular weight is 758 g/mol. The number of nitrogens with zero attached hydrogens (tertiary/aromatic N) is 1. The smallest absolute Gasteiger partial charge is 0.0624 e. The molecular formula is C56H39NS. The highest BCUT2D eigenvalue weighted by Gasteiger charge is 2.25. The van der Waals surface area contributed by atoms with Gasteiger partial charge >= 0.3 is 0 Å². The van der Waals surface area contributed by atoms with Crippen LogP contribution in [0.15, 0.2) is 218 Å². The highest BCUT2D eigenvalue weighted by atomic mass is 32.1. The van der Waals surface area contributed by atoms with Gasteiger partial charge in [-0.15, -0.1) is 11.3 Å². The van der Waals surface area contributed by atoms with Crippen LogP contribution in [0.5, 0.6) is 0 Å². The molecule has 58 heavy (non-hydrogen) atoms. The molecule has 1 heterocycles. The lowest BCUT2D eigenvalue weighted by Gasteiger charge is -2.30. The highest BCUT2D eigenvalue weighted by Crippen LogP contribution is 2.49. The van der Waals surface area contributed by atoms with E-state index in [1.165, 1.54) is 86.0 Å². The second-order valence-corrected chi connectivity index (χ2v) is 16.3. The predicted molar refractivity (Wildman–Crippen MR) is 250 cm³/mol. The summed E-state index contributed by atoms with van der Waals surface area (Å²) in [5, 5.41) is 10.1. The van der Waals surface area contributed by atoms with E-state index in [0.29, 0.717) is 0 Å². The van der Waals surface area contributed by atoms with Crippen molar-refractivity contribution in [3.63, 3.8) is 0 Å². The summed E-state index contributed by atoms with van der Waals surface area (Å²) in [6, 6.07) is 80.6. The van der Waals surface area contributed by atoms with E-state index < -0.39 is 0 Å². The molecule has 0 aliphatic heterocycles. The molecule has 1 unspecified atom stereocenters. The number of thiophene rings is 1. The lowest BCUT2D eigenvalue weighted by Crippen LogP contribution is -2.12. The Morgan fingerprint density at radius 1 is 0.397 bits per heavy atom. The normalized spacial score (nSPS) is 12.1. The van der Waals surface area contributed by atoms with Crippen molar-refractivity contribution in [1.82, 2.24) is 0 Å². The molecule has 0 bridgehead atoms. The van der Waals surface area contributed by atoms with E-state index in [1.54, 1.807) is 0 Å². The molecule has 1 nitrogen and oxygen atoms in total. The molecule has 0 saturated heterocycles. The van der Waals surface area contributed by atoms with Crippen molar-refractivity contribution < 1.29 is 0 Å². The summed E-state index contributed by atoms with van der Waals surface area (Å²) in [7, 11) is 0. The van der Waals surface area contributed by atoms with Crippen molar-refractivity contribution in [2.45, 2.75) is 12.3 Å². The first kappa shape index (κ1) is 34.3. The number of hydrogen-bond acceptors (Lipinski definition) is 2. The fraction of sp³-hybridized carbons (Fsp3) is 0.0357. The molecule has 274 valence electrons. The Hall–Kier alpha value is -7.00. The number of anilines is 3. The van der Waals surface area contributed by atoms with Crippen LogP contribution in [-0.2, 0) is 6.42 Å². The molecule has 0 radical (unpaired) electrons. The third-order valence-electron chi connectivity index (χ3n) is 11.8. The van der Waals surface area contributed by atoms with Crippen LogP contribution in [0.3, 0.4) is 0 Å². The monoisotopic (exact) mass is 757 g/mol. The van der Waals surface area contributed by atoms with Gasteiger partial charge in [-0.25, -0.2) is 0 Å². The lowest BCUT2D eigenvalue weighted by molar-refractivity contribution is 0.814. The lowest BCUT2D eigenvalue weighted by atomic mass is 9.81. The van der Waals surface area contributed by atoms with Crippen LogP contribution in [0.2, 0.25) is 0 Å². The summed E-state index contributed by atoms with van der Waals surface area (Å²) in [6.45, 7) is 0. The van der Waals surface area contributed by atoms with Crippen LogP contribution in [0.1, 0.15) is 22.6 Å². The van der Waals surface area contributed by atoms with Crippen LogP contribution in [0.25, 0.3) is 63.6 Å². The number of para-hydroxylation sites is 2. The number of hydrogen-bond donors (Lipinski definition) is 0. The van der Waals surface area contributed by atoms with Crippen LogP contribution in [0.4, 0.5) is 17.1 Å². The number of benzene rings is 10. The minimum Gasteiger partial charge on any atom is -0.309 e. The second kappa shape index (κ2) is 14.5. The van der Waals surface area contributed by atoms with E-state index >= 15 is 0 Å². The molecule has 11 aromatic rings. The zero-order chi connectivity index (χ0) is 38.4. The highest BCUT2D eigenvalue weighted by molar-refractivity contribution is 7.25. The molecular weight excluding hydrogens is 719 g/mol. The summed E-state index contributed by atoms with van der Waals surface area (Å²) in [5.41, 5.74) is 9.87. The Labute approximate surface area is 342 Å². The Balaban J connectivity index is 1.17. The summed E-state index contributed by atoms with van der Waals surface area (Å²) in [4.78, 5) is 2.46. The molecule has 0 N–H and O–H groups in total. The first-order chi connectivity index (χ1) is 28.8. The van der Waals surface area contributed by atoms with Crippen LogP contribution < -0.4 is 4.90 Å². The minimum atomic E-state index is 0.154. The molecule has 0 aliphatic carbocycles. The largest absolute Gasteiger partial charge is 0.309 e. The third kappa shape index (κ3) is 5.93. The van der Waals surface area contributed by atoms with Gasteiger partial charge in [-0.05, 0) is 92.0 Å². The van der Waals surface area contributed by atoms with Crippen molar-refractivity contribution in [2.75, 3.05) is 4.90 Å². The maximum atomic E-state index is 2.46. The van der Waals surface area contributed by atoms with E-state index in [-0.39, 0.29) is 5.92 Å². The van der Waals surface area contributed by atoms with Gasteiger partial charge in [-0.2, -0.15) is 0 Å². The second-order valence-electron chi connectivity index (χ2n) is 15.2. The molecule has 10 aromatic carbocycles.